The summed E-state index contributed by atoms with van der Waals surface area (Å²) in [6.45, 7) is -0.462. The molecule has 0 fully saturated rings. The number of phenols is 1. The van der Waals surface area contributed by atoms with Crippen LogP contribution in [0.3, 0.4) is 0 Å². The van der Waals surface area contributed by atoms with E-state index in [9.17, 15) is 13.2 Å². The fraction of sp³-hybridized carbons (Fsp3) is 0.455. The maximum Gasteiger partial charge on any atom is 0.401 e. The van der Waals surface area contributed by atoms with Gasteiger partial charge in [-0.1, -0.05) is 12.1 Å². The Labute approximate surface area is 97.6 Å². The third kappa shape index (κ3) is 5.55. The van der Waals surface area contributed by atoms with Crippen molar-refractivity contribution in [1.82, 2.24) is 4.90 Å². The molecule has 0 unspecified atom stereocenters. The normalized spacial score (nSPS) is 12.1. The average molecular weight is 248 g/mol. The van der Waals surface area contributed by atoms with Gasteiger partial charge in [0.15, 0.2) is 0 Å². The minimum atomic E-state index is -4.23. The molecule has 0 radical (unpaired) electrons. The molecule has 3 N–H and O–H groups in total. The Hall–Kier alpha value is -1.27. The minimum Gasteiger partial charge on any atom is -0.508 e. The van der Waals surface area contributed by atoms with Gasteiger partial charge in [-0.2, -0.15) is 13.2 Å². The molecule has 0 spiro atoms. The summed E-state index contributed by atoms with van der Waals surface area (Å²) >= 11 is 0. The predicted molar refractivity (Wildman–Crippen MR) is 58.5 cm³/mol. The van der Waals surface area contributed by atoms with Gasteiger partial charge >= 0.3 is 6.18 Å². The number of nitrogens with two attached hydrogens (primary N) is 1. The zero-order valence-corrected chi connectivity index (χ0v) is 9.24. The second-order valence-electron chi connectivity index (χ2n) is 3.78. The van der Waals surface area contributed by atoms with Crippen LogP contribution in [-0.4, -0.2) is 35.8 Å². The summed E-state index contributed by atoms with van der Waals surface area (Å²) in [7, 11) is 0. The third-order valence-corrected chi connectivity index (χ3v) is 2.19. The Balaban J connectivity index is 2.63. The number of phenolic OH excluding ortho intramolecular Hbond substituents is 1. The predicted octanol–water partition coefficient (Wildman–Crippen LogP) is 1.72. The summed E-state index contributed by atoms with van der Waals surface area (Å²) in [5.41, 5.74) is 5.99. The van der Waals surface area contributed by atoms with Gasteiger partial charge in [0.2, 0.25) is 0 Å². The van der Waals surface area contributed by atoms with Crippen molar-refractivity contribution < 1.29 is 18.3 Å². The molecule has 0 saturated carbocycles. The Morgan fingerprint density at radius 3 is 2.24 bits per heavy atom. The topological polar surface area (TPSA) is 49.5 Å². The second kappa shape index (κ2) is 5.88. The van der Waals surface area contributed by atoms with Gasteiger partial charge in [0.05, 0.1) is 6.54 Å². The van der Waals surface area contributed by atoms with E-state index in [1.54, 1.807) is 12.1 Å². The molecule has 1 aromatic carbocycles. The maximum absolute atomic E-state index is 12.3. The van der Waals surface area contributed by atoms with E-state index in [1.165, 1.54) is 17.0 Å². The number of nitrogens with zero attached hydrogens (tertiary/aromatic N) is 1. The standard InChI is InChI=1S/C11H15F3N2O/c12-11(13,14)8-16(6-5-15)7-9-1-3-10(17)4-2-9/h1-4,17H,5-8,15H2. The zero-order chi connectivity index (χ0) is 12.9. The van der Waals surface area contributed by atoms with Gasteiger partial charge in [-0.05, 0) is 17.7 Å². The van der Waals surface area contributed by atoms with Crippen molar-refractivity contribution in [2.45, 2.75) is 12.7 Å². The van der Waals surface area contributed by atoms with Crippen molar-refractivity contribution in [1.29, 1.82) is 0 Å². The van der Waals surface area contributed by atoms with E-state index in [4.69, 9.17) is 10.8 Å². The molecule has 1 rings (SSSR count). The first-order valence-corrected chi connectivity index (χ1v) is 5.18. The molecular weight excluding hydrogens is 233 g/mol. The molecule has 1 aromatic rings. The van der Waals surface area contributed by atoms with Crippen molar-refractivity contribution in [3.63, 3.8) is 0 Å². The van der Waals surface area contributed by atoms with Crippen LogP contribution < -0.4 is 5.73 Å². The molecule has 0 aromatic heterocycles. The lowest BCUT2D eigenvalue weighted by atomic mass is 10.2. The highest BCUT2D eigenvalue weighted by Gasteiger charge is 2.30. The largest absolute Gasteiger partial charge is 0.508 e. The van der Waals surface area contributed by atoms with Gasteiger partial charge in [-0.25, -0.2) is 0 Å². The molecule has 0 aliphatic heterocycles. The zero-order valence-electron chi connectivity index (χ0n) is 9.24. The maximum atomic E-state index is 12.3. The molecule has 0 aliphatic rings. The Kier molecular flexibility index (Phi) is 4.77. The molecule has 0 amide bonds. The van der Waals surface area contributed by atoms with Crippen LogP contribution in [-0.2, 0) is 6.54 Å². The number of benzene rings is 1. The van der Waals surface area contributed by atoms with Crippen LogP contribution >= 0.6 is 0 Å². The first-order valence-electron chi connectivity index (χ1n) is 5.18. The van der Waals surface area contributed by atoms with Crippen molar-refractivity contribution in [2.24, 2.45) is 5.73 Å². The van der Waals surface area contributed by atoms with E-state index in [2.05, 4.69) is 0 Å². The van der Waals surface area contributed by atoms with Crippen LogP contribution in [0, 0.1) is 0 Å². The summed E-state index contributed by atoms with van der Waals surface area (Å²) in [5, 5.41) is 9.07. The number of rotatable bonds is 5. The van der Waals surface area contributed by atoms with Crippen molar-refractivity contribution in [3.8, 4) is 5.75 Å². The minimum absolute atomic E-state index is 0.0925. The van der Waals surface area contributed by atoms with Crippen LogP contribution in [0.15, 0.2) is 24.3 Å². The van der Waals surface area contributed by atoms with E-state index in [-0.39, 0.29) is 25.4 Å². The summed E-state index contributed by atoms with van der Waals surface area (Å²) in [6, 6.07) is 6.08. The fourth-order valence-corrected chi connectivity index (χ4v) is 1.51. The lowest BCUT2D eigenvalue weighted by Crippen LogP contribution is -2.37. The summed E-state index contributed by atoms with van der Waals surface area (Å²) < 4.78 is 36.8. The molecular formula is C11H15F3N2O. The molecule has 17 heavy (non-hydrogen) atoms. The Morgan fingerprint density at radius 2 is 1.76 bits per heavy atom. The van der Waals surface area contributed by atoms with Crippen molar-refractivity contribution in [3.05, 3.63) is 29.8 Å². The van der Waals surface area contributed by atoms with Crippen LogP contribution in [0.1, 0.15) is 5.56 Å². The third-order valence-electron chi connectivity index (χ3n) is 2.19. The summed E-state index contributed by atoms with van der Waals surface area (Å²) in [5.74, 6) is 0.0925. The smallest absolute Gasteiger partial charge is 0.401 e. The van der Waals surface area contributed by atoms with Crippen molar-refractivity contribution >= 4 is 0 Å². The molecule has 0 saturated heterocycles. The summed E-state index contributed by atoms with van der Waals surface area (Å²) in [6.07, 6.45) is -4.23. The van der Waals surface area contributed by atoms with Gasteiger partial charge in [-0.3, -0.25) is 4.90 Å². The highest BCUT2D eigenvalue weighted by atomic mass is 19.4. The molecule has 0 bridgehead atoms. The lowest BCUT2D eigenvalue weighted by Gasteiger charge is -2.22. The summed E-state index contributed by atoms with van der Waals surface area (Å²) in [4.78, 5) is 1.23. The molecule has 0 aliphatic carbocycles. The van der Waals surface area contributed by atoms with Crippen molar-refractivity contribution in [2.75, 3.05) is 19.6 Å². The average Bonchev–Trinajstić information content (AvgIpc) is 2.19. The van der Waals surface area contributed by atoms with E-state index in [0.29, 0.717) is 5.56 Å². The SMILES string of the molecule is NCCN(Cc1ccc(O)cc1)CC(F)(F)F. The highest BCUT2D eigenvalue weighted by molar-refractivity contribution is 5.25. The van der Waals surface area contributed by atoms with E-state index >= 15 is 0 Å². The molecule has 6 heteroatoms. The number of halogens is 3. The number of hydrogen-bond donors (Lipinski definition) is 2. The van der Waals surface area contributed by atoms with Crippen LogP contribution in [0.2, 0.25) is 0 Å². The number of alkyl halides is 3. The highest BCUT2D eigenvalue weighted by Crippen LogP contribution is 2.18. The Morgan fingerprint density at radius 1 is 1.18 bits per heavy atom. The van der Waals surface area contributed by atoms with Gasteiger partial charge < -0.3 is 10.8 Å². The number of aromatic hydroxyl groups is 1. The van der Waals surface area contributed by atoms with Gasteiger partial charge in [0, 0.05) is 19.6 Å². The van der Waals surface area contributed by atoms with E-state index < -0.39 is 12.7 Å². The quantitative estimate of drug-likeness (QED) is 0.834. The van der Waals surface area contributed by atoms with Gasteiger partial charge in [0.1, 0.15) is 5.75 Å². The van der Waals surface area contributed by atoms with E-state index in [0.717, 1.165) is 0 Å². The van der Waals surface area contributed by atoms with Crippen LogP contribution in [0.25, 0.3) is 0 Å². The second-order valence-corrected chi connectivity index (χ2v) is 3.78. The fourth-order valence-electron chi connectivity index (χ4n) is 1.51. The monoisotopic (exact) mass is 248 g/mol. The molecule has 0 atom stereocenters. The van der Waals surface area contributed by atoms with Crippen LogP contribution in [0.5, 0.6) is 5.75 Å². The molecule has 3 nitrogen and oxygen atoms in total. The van der Waals surface area contributed by atoms with Crippen LogP contribution in [0.4, 0.5) is 13.2 Å². The van der Waals surface area contributed by atoms with Gasteiger partial charge in [0.25, 0.3) is 0 Å². The first-order chi connectivity index (χ1) is 7.90. The molecule has 0 heterocycles. The molecule has 96 valence electrons. The van der Waals surface area contributed by atoms with E-state index in [1.807, 2.05) is 0 Å². The Bertz CT molecular complexity index is 338. The lowest BCUT2D eigenvalue weighted by molar-refractivity contribution is -0.146. The number of hydrogen-bond acceptors (Lipinski definition) is 3. The van der Waals surface area contributed by atoms with Gasteiger partial charge in [-0.15, -0.1) is 0 Å². The first kappa shape index (κ1) is 13.8.